The molecule has 2 fully saturated rings. The number of nitrogens with zero attached hydrogens (tertiary/aromatic N) is 4. The smallest absolute Gasteiger partial charge is 0.270 e. The van der Waals surface area contributed by atoms with Gasteiger partial charge in [0.25, 0.3) is 11.5 Å². The van der Waals surface area contributed by atoms with E-state index in [0.717, 1.165) is 55.7 Å². The van der Waals surface area contributed by atoms with Crippen LogP contribution in [0.1, 0.15) is 60.9 Å². The van der Waals surface area contributed by atoms with Crippen LogP contribution in [0.4, 0.5) is 5.82 Å². The van der Waals surface area contributed by atoms with Crippen LogP contribution in [0.15, 0.2) is 40.0 Å². The van der Waals surface area contributed by atoms with Crippen molar-refractivity contribution in [3.8, 4) is 6.07 Å². The number of benzene rings is 1. The van der Waals surface area contributed by atoms with Crippen LogP contribution in [-0.2, 0) is 11.8 Å². The number of hydrogen-bond donors (Lipinski definition) is 0. The summed E-state index contributed by atoms with van der Waals surface area (Å²) in [6.45, 7) is 5.44. The van der Waals surface area contributed by atoms with Crippen molar-refractivity contribution in [2.45, 2.75) is 45.6 Å². The number of thioether (sulfide) groups is 1. The van der Waals surface area contributed by atoms with Crippen LogP contribution in [0.5, 0.6) is 0 Å². The number of hydrogen-bond acceptors (Lipinski definition) is 6. The van der Waals surface area contributed by atoms with Gasteiger partial charge in [-0.3, -0.25) is 19.1 Å². The van der Waals surface area contributed by atoms with Crippen molar-refractivity contribution in [1.29, 1.82) is 5.26 Å². The van der Waals surface area contributed by atoms with E-state index >= 15 is 0 Å². The third-order valence-corrected chi connectivity index (χ3v) is 7.97. The largest absolute Gasteiger partial charge is 0.357 e. The van der Waals surface area contributed by atoms with E-state index in [-0.39, 0.29) is 23.1 Å². The molecule has 34 heavy (non-hydrogen) atoms. The van der Waals surface area contributed by atoms with E-state index < -0.39 is 0 Å². The number of carbonyl (C=O) groups is 1. The summed E-state index contributed by atoms with van der Waals surface area (Å²) in [5.74, 6) is 0.615. The summed E-state index contributed by atoms with van der Waals surface area (Å²) < 4.78 is 2.07. The highest BCUT2D eigenvalue weighted by atomic mass is 32.2. The standard InChI is InChI=1S/C26H28N4O2S2/c1-17-20(23(28(3)24(31)21(17)16-27)29-13-9-4-5-10-14-29)15-22-25(32)30(26(33)34-22)18(2)19-11-7-6-8-12-19/h6-8,11-12,15,18H,4-5,9-10,13-14H2,1-3H3. The topological polar surface area (TPSA) is 69.3 Å². The van der Waals surface area contributed by atoms with Crippen LogP contribution in [0.2, 0.25) is 0 Å². The molecule has 0 aliphatic carbocycles. The fraction of sp³-hybridized carbons (Fsp3) is 0.385. The molecule has 2 aromatic rings. The number of pyridine rings is 1. The van der Waals surface area contributed by atoms with Crippen LogP contribution < -0.4 is 10.5 Å². The Morgan fingerprint density at radius 1 is 1.12 bits per heavy atom. The molecule has 2 aliphatic rings. The van der Waals surface area contributed by atoms with Gasteiger partial charge in [0.15, 0.2) is 0 Å². The number of aromatic nitrogens is 1. The fourth-order valence-electron chi connectivity index (χ4n) is 4.70. The number of amides is 1. The molecule has 8 heteroatoms. The predicted octanol–water partition coefficient (Wildman–Crippen LogP) is 4.91. The van der Waals surface area contributed by atoms with E-state index in [2.05, 4.69) is 11.0 Å². The zero-order chi connectivity index (χ0) is 24.4. The summed E-state index contributed by atoms with van der Waals surface area (Å²) in [4.78, 5) is 30.8. The van der Waals surface area contributed by atoms with Gasteiger partial charge in [-0.1, -0.05) is 67.2 Å². The second kappa shape index (κ2) is 10.2. The second-order valence-electron chi connectivity index (χ2n) is 8.75. The lowest BCUT2D eigenvalue weighted by Crippen LogP contribution is -2.34. The molecule has 1 atom stereocenters. The lowest BCUT2D eigenvalue weighted by atomic mass is 10.0. The summed E-state index contributed by atoms with van der Waals surface area (Å²) in [6, 6.07) is 11.7. The van der Waals surface area contributed by atoms with Crippen molar-refractivity contribution in [1.82, 2.24) is 9.47 Å². The van der Waals surface area contributed by atoms with Crippen molar-refractivity contribution in [3.63, 3.8) is 0 Å². The summed E-state index contributed by atoms with van der Waals surface area (Å²) in [5.41, 5.74) is 2.16. The molecular weight excluding hydrogens is 464 g/mol. The van der Waals surface area contributed by atoms with E-state index in [1.165, 1.54) is 11.8 Å². The average Bonchev–Trinajstić information content (AvgIpc) is 3.00. The van der Waals surface area contributed by atoms with Crippen molar-refractivity contribution < 1.29 is 4.79 Å². The minimum atomic E-state index is -0.304. The molecule has 0 saturated carbocycles. The predicted molar refractivity (Wildman–Crippen MR) is 142 cm³/mol. The highest BCUT2D eigenvalue weighted by molar-refractivity contribution is 8.26. The van der Waals surface area contributed by atoms with Gasteiger partial charge in [-0.2, -0.15) is 5.26 Å². The number of carbonyl (C=O) groups excluding carboxylic acids is 1. The Morgan fingerprint density at radius 2 is 1.76 bits per heavy atom. The summed E-state index contributed by atoms with van der Waals surface area (Å²) in [5, 5.41) is 9.69. The molecular formula is C26H28N4O2S2. The van der Waals surface area contributed by atoms with Gasteiger partial charge in [0.05, 0.1) is 10.9 Å². The van der Waals surface area contributed by atoms with Crippen molar-refractivity contribution in [2.24, 2.45) is 7.05 Å². The summed E-state index contributed by atoms with van der Waals surface area (Å²) in [6.07, 6.45) is 6.23. The zero-order valence-electron chi connectivity index (χ0n) is 19.7. The van der Waals surface area contributed by atoms with Gasteiger partial charge in [0.2, 0.25) is 0 Å². The zero-order valence-corrected chi connectivity index (χ0v) is 21.3. The first-order valence-electron chi connectivity index (χ1n) is 11.6. The minimum Gasteiger partial charge on any atom is -0.357 e. The fourth-order valence-corrected chi connectivity index (χ4v) is 6.10. The molecule has 4 rings (SSSR count). The molecule has 0 N–H and O–H groups in total. The minimum absolute atomic E-state index is 0.112. The molecule has 3 heterocycles. The lowest BCUT2D eigenvalue weighted by molar-refractivity contribution is -0.123. The Balaban J connectivity index is 1.81. The van der Waals surface area contributed by atoms with Crippen LogP contribution in [-0.4, -0.2) is 32.8 Å². The first-order valence-corrected chi connectivity index (χ1v) is 12.8. The Hall–Kier alpha value is -2.89. The number of nitriles is 1. The van der Waals surface area contributed by atoms with E-state index in [1.807, 2.05) is 43.3 Å². The Labute approximate surface area is 209 Å². The second-order valence-corrected chi connectivity index (χ2v) is 10.4. The molecule has 2 aliphatic heterocycles. The quantitative estimate of drug-likeness (QED) is 0.446. The third kappa shape index (κ3) is 4.42. The van der Waals surface area contributed by atoms with E-state index in [1.54, 1.807) is 23.4 Å². The molecule has 0 radical (unpaired) electrons. The van der Waals surface area contributed by atoms with Gasteiger partial charge in [0.1, 0.15) is 21.8 Å². The SMILES string of the molecule is Cc1c(C=C2SC(=S)N(C(C)c3ccccc3)C2=O)c(N2CCCCCC2)n(C)c(=O)c1C#N. The number of thiocarbonyl (C=S) groups is 1. The maximum absolute atomic E-state index is 13.5. The van der Waals surface area contributed by atoms with Gasteiger partial charge in [-0.05, 0) is 43.9 Å². The Kier molecular flexibility index (Phi) is 7.24. The third-order valence-electron chi connectivity index (χ3n) is 6.64. The maximum Gasteiger partial charge on any atom is 0.270 e. The molecule has 6 nitrogen and oxygen atoms in total. The number of rotatable bonds is 4. The molecule has 1 amide bonds. The molecule has 0 spiro atoms. The van der Waals surface area contributed by atoms with Crippen LogP contribution >= 0.6 is 24.0 Å². The molecule has 1 unspecified atom stereocenters. The summed E-state index contributed by atoms with van der Waals surface area (Å²) >= 11 is 6.87. The van der Waals surface area contributed by atoms with Crippen LogP contribution in [0, 0.1) is 18.3 Å². The van der Waals surface area contributed by atoms with Gasteiger partial charge >= 0.3 is 0 Å². The Bertz CT molecular complexity index is 1250. The van der Waals surface area contributed by atoms with Crippen LogP contribution in [0.3, 0.4) is 0 Å². The van der Waals surface area contributed by atoms with Gasteiger partial charge in [-0.15, -0.1) is 0 Å². The molecule has 0 bridgehead atoms. The maximum atomic E-state index is 13.5. The first-order chi connectivity index (χ1) is 16.3. The monoisotopic (exact) mass is 492 g/mol. The van der Waals surface area contributed by atoms with Crippen molar-refractivity contribution in [2.75, 3.05) is 18.0 Å². The highest BCUT2D eigenvalue weighted by Crippen LogP contribution is 2.39. The Morgan fingerprint density at radius 3 is 2.38 bits per heavy atom. The molecule has 176 valence electrons. The highest BCUT2D eigenvalue weighted by Gasteiger charge is 2.36. The summed E-state index contributed by atoms with van der Waals surface area (Å²) in [7, 11) is 1.71. The molecule has 1 aromatic carbocycles. The van der Waals surface area contributed by atoms with Gasteiger partial charge < -0.3 is 4.90 Å². The van der Waals surface area contributed by atoms with Gasteiger partial charge in [-0.25, -0.2) is 0 Å². The van der Waals surface area contributed by atoms with Gasteiger partial charge in [0, 0.05) is 25.7 Å². The van der Waals surface area contributed by atoms with Crippen molar-refractivity contribution in [3.05, 3.63) is 67.8 Å². The normalized spacial score (nSPS) is 18.8. The number of anilines is 1. The first kappa shape index (κ1) is 24.2. The van der Waals surface area contributed by atoms with E-state index in [0.29, 0.717) is 14.8 Å². The molecule has 1 aromatic heterocycles. The lowest BCUT2D eigenvalue weighted by Gasteiger charge is -2.28. The average molecular weight is 493 g/mol. The van der Waals surface area contributed by atoms with Crippen molar-refractivity contribution >= 4 is 46.1 Å². The molecule has 2 saturated heterocycles. The van der Waals surface area contributed by atoms with Crippen LogP contribution in [0.25, 0.3) is 6.08 Å². The van der Waals surface area contributed by atoms with E-state index in [4.69, 9.17) is 12.2 Å². The van der Waals surface area contributed by atoms with E-state index in [9.17, 15) is 14.9 Å².